The summed E-state index contributed by atoms with van der Waals surface area (Å²) in [6.45, 7) is 3.04. The summed E-state index contributed by atoms with van der Waals surface area (Å²) in [6.07, 6.45) is 0. The van der Waals surface area contributed by atoms with E-state index >= 15 is 0 Å². The second kappa shape index (κ2) is 6.64. The summed E-state index contributed by atoms with van der Waals surface area (Å²) >= 11 is 0. The third-order valence-corrected chi connectivity index (χ3v) is 5.26. The molecule has 0 aliphatic carbocycles. The van der Waals surface area contributed by atoms with Crippen molar-refractivity contribution in [2.75, 3.05) is 4.90 Å². The Morgan fingerprint density at radius 3 is 2.27 bits per heavy atom. The van der Waals surface area contributed by atoms with Gasteiger partial charge >= 0.3 is 0 Å². The van der Waals surface area contributed by atoms with Gasteiger partial charge in [0.15, 0.2) is 0 Å². The number of fused-ring (bicyclic) bond motifs is 1. The Morgan fingerprint density at radius 1 is 0.923 bits per heavy atom. The highest BCUT2D eigenvalue weighted by Gasteiger charge is 2.33. The molecule has 4 rings (SSSR count). The van der Waals surface area contributed by atoms with Crippen molar-refractivity contribution in [1.29, 1.82) is 0 Å². The number of nitro benzene ring substituents is 1. The summed E-state index contributed by atoms with van der Waals surface area (Å²) in [7, 11) is 0. The number of benzene rings is 3. The summed E-state index contributed by atoms with van der Waals surface area (Å²) in [4.78, 5) is 12.9. The predicted octanol–water partition coefficient (Wildman–Crippen LogP) is 5.14. The van der Waals surface area contributed by atoms with Crippen molar-refractivity contribution in [3.05, 3.63) is 106 Å². The van der Waals surface area contributed by atoms with E-state index in [1.807, 2.05) is 18.2 Å². The van der Waals surface area contributed by atoms with E-state index in [0.717, 1.165) is 12.2 Å². The molecule has 3 aromatic carbocycles. The minimum atomic E-state index is -0.356. The van der Waals surface area contributed by atoms with Crippen molar-refractivity contribution >= 4 is 11.4 Å². The van der Waals surface area contributed by atoms with Crippen LogP contribution in [0.1, 0.15) is 29.5 Å². The molecule has 1 aliphatic rings. The number of hydrogen-bond donors (Lipinski definition) is 0. The van der Waals surface area contributed by atoms with Crippen molar-refractivity contribution in [2.24, 2.45) is 0 Å². The molecule has 26 heavy (non-hydrogen) atoms. The van der Waals surface area contributed by atoms with Crippen LogP contribution in [0.25, 0.3) is 0 Å². The Morgan fingerprint density at radius 2 is 1.58 bits per heavy atom. The molecule has 0 saturated heterocycles. The average molecular weight is 344 g/mol. The van der Waals surface area contributed by atoms with Crippen LogP contribution in [-0.4, -0.2) is 11.0 Å². The van der Waals surface area contributed by atoms with Crippen LogP contribution in [0.4, 0.5) is 11.4 Å². The molecule has 1 heterocycles. The van der Waals surface area contributed by atoms with Crippen LogP contribution in [0, 0.1) is 10.1 Å². The SMILES string of the molecule is CC1C(c2ccccc2)c2ccccc2CN1c1ccc([N+](=O)[O-])cc1. The van der Waals surface area contributed by atoms with E-state index in [1.54, 1.807) is 12.1 Å². The van der Waals surface area contributed by atoms with Gasteiger partial charge in [-0.05, 0) is 35.7 Å². The van der Waals surface area contributed by atoms with Gasteiger partial charge in [-0.1, -0.05) is 54.6 Å². The second-order valence-corrected chi connectivity index (χ2v) is 6.73. The van der Waals surface area contributed by atoms with Gasteiger partial charge in [0.05, 0.1) is 4.92 Å². The molecule has 0 radical (unpaired) electrons. The molecule has 1 aliphatic heterocycles. The highest BCUT2D eigenvalue weighted by Crippen LogP contribution is 2.40. The lowest BCUT2D eigenvalue weighted by molar-refractivity contribution is -0.384. The number of nitro groups is 1. The van der Waals surface area contributed by atoms with Crippen molar-refractivity contribution in [3.63, 3.8) is 0 Å². The van der Waals surface area contributed by atoms with E-state index < -0.39 is 0 Å². The molecule has 0 spiro atoms. The lowest BCUT2D eigenvalue weighted by atomic mass is 9.79. The van der Waals surface area contributed by atoms with Crippen LogP contribution in [0.15, 0.2) is 78.9 Å². The van der Waals surface area contributed by atoms with Crippen LogP contribution in [0.5, 0.6) is 0 Å². The van der Waals surface area contributed by atoms with Crippen LogP contribution < -0.4 is 4.90 Å². The first-order valence-corrected chi connectivity index (χ1v) is 8.79. The summed E-state index contributed by atoms with van der Waals surface area (Å²) in [6, 6.07) is 26.2. The highest BCUT2D eigenvalue weighted by molar-refractivity contribution is 5.56. The van der Waals surface area contributed by atoms with Crippen molar-refractivity contribution in [2.45, 2.75) is 25.4 Å². The zero-order valence-electron chi connectivity index (χ0n) is 14.6. The molecule has 3 aromatic rings. The monoisotopic (exact) mass is 344 g/mol. The molecule has 0 amide bonds. The van der Waals surface area contributed by atoms with E-state index in [-0.39, 0.29) is 22.6 Å². The fraction of sp³-hybridized carbons (Fsp3) is 0.182. The molecule has 0 bridgehead atoms. The Hall–Kier alpha value is -3.14. The van der Waals surface area contributed by atoms with Gasteiger partial charge < -0.3 is 4.90 Å². The smallest absolute Gasteiger partial charge is 0.269 e. The van der Waals surface area contributed by atoms with Crippen molar-refractivity contribution in [3.8, 4) is 0 Å². The average Bonchev–Trinajstić information content (AvgIpc) is 2.68. The molecular weight excluding hydrogens is 324 g/mol. The largest absolute Gasteiger partial charge is 0.364 e. The first-order valence-electron chi connectivity index (χ1n) is 8.79. The molecule has 0 aromatic heterocycles. The first kappa shape index (κ1) is 16.3. The van der Waals surface area contributed by atoms with Gasteiger partial charge in [0.1, 0.15) is 0 Å². The zero-order valence-corrected chi connectivity index (χ0v) is 14.6. The first-order chi connectivity index (χ1) is 12.6. The van der Waals surface area contributed by atoms with Gasteiger partial charge in [0, 0.05) is 36.3 Å². The van der Waals surface area contributed by atoms with Gasteiger partial charge in [0.25, 0.3) is 5.69 Å². The molecule has 4 heteroatoms. The lowest BCUT2D eigenvalue weighted by Crippen LogP contribution is -2.42. The van der Waals surface area contributed by atoms with E-state index in [1.165, 1.54) is 16.7 Å². The van der Waals surface area contributed by atoms with Crippen LogP contribution in [0.3, 0.4) is 0 Å². The normalized spacial score (nSPS) is 19.0. The number of anilines is 1. The maximum atomic E-state index is 10.9. The minimum Gasteiger partial charge on any atom is -0.364 e. The molecule has 0 saturated carbocycles. The fourth-order valence-electron chi connectivity index (χ4n) is 3.96. The maximum absolute atomic E-state index is 10.9. The molecule has 2 atom stereocenters. The third kappa shape index (κ3) is 2.84. The molecule has 0 fully saturated rings. The summed E-state index contributed by atoms with van der Waals surface area (Å²) in [5, 5.41) is 10.9. The second-order valence-electron chi connectivity index (χ2n) is 6.73. The minimum absolute atomic E-state index is 0.124. The quantitative estimate of drug-likeness (QED) is 0.488. The predicted molar refractivity (Wildman–Crippen MR) is 103 cm³/mol. The van der Waals surface area contributed by atoms with E-state index in [4.69, 9.17) is 0 Å². The van der Waals surface area contributed by atoms with Gasteiger partial charge in [-0.3, -0.25) is 10.1 Å². The molecular formula is C22H20N2O2. The van der Waals surface area contributed by atoms with E-state index in [0.29, 0.717) is 0 Å². The highest BCUT2D eigenvalue weighted by atomic mass is 16.6. The maximum Gasteiger partial charge on any atom is 0.269 e. The topological polar surface area (TPSA) is 46.4 Å². The Balaban J connectivity index is 1.77. The van der Waals surface area contributed by atoms with Crippen LogP contribution in [-0.2, 0) is 6.54 Å². The molecule has 130 valence electrons. The van der Waals surface area contributed by atoms with Crippen molar-refractivity contribution in [1.82, 2.24) is 0 Å². The van der Waals surface area contributed by atoms with Gasteiger partial charge in [0.2, 0.25) is 0 Å². The zero-order chi connectivity index (χ0) is 18.1. The third-order valence-electron chi connectivity index (χ3n) is 5.26. The number of hydrogen-bond acceptors (Lipinski definition) is 3. The van der Waals surface area contributed by atoms with Gasteiger partial charge in [-0.2, -0.15) is 0 Å². The van der Waals surface area contributed by atoms with Crippen LogP contribution in [0.2, 0.25) is 0 Å². The lowest BCUT2D eigenvalue weighted by Gasteiger charge is -2.42. The van der Waals surface area contributed by atoms with Crippen molar-refractivity contribution < 1.29 is 4.92 Å². The fourth-order valence-corrected chi connectivity index (χ4v) is 3.96. The standard InChI is InChI=1S/C22H20N2O2/c1-16-22(17-7-3-2-4-8-17)21-10-6-5-9-18(21)15-23(16)19-11-13-20(14-12-19)24(25)26/h2-14,16,22H,15H2,1H3. The number of non-ortho nitro benzene ring substituents is 1. The summed E-state index contributed by atoms with van der Waals surface area (Å²) < 4.78 is 0. The van der Waals surface area contributed by atoms with Crippen LogP contribution >= 0.6 is 0 Å². The number of nitrogens with zero attached hydrogens (tertiary/aromatic N) is 2. The van der Waals surface area contributed by atoms with E-state index in [2.05, 4.69) is 60.4 Å². The Bertz CT molecular complexity index is 922. The summed E-state index contributed by atoms with van der Waals surface area (Å²) in [5.74, 6) is 0.261. The summed E-state index contributed by atoms with van der Waals surface area (Å²) in [5.41, 5.74) is 5.10. The molecule has 2 unspecified atom stereocenters. The van der Waals surface area contributed by atoms with Gasteiger partial charge in [-0.25, -0.2) is 0 Å². The van der Waals surface area contributed by atoms with E-state index in [9.17, 15) is 10.1 Å². The Labute approximate surface area is 152 Å². The number of rotatable bonds is 3. The Kier molecular flexibility index (Phi) is 4.17. The molecule has 0 N–H and O–H groups in total. The van der Waals surface area contributed by atoms with Gasteiger partial charge in [-0.15, -0.1) is 0 Å². The molecule has 4 nitrogen and oxygen atoms in total.